The van der Waals surface area contributed by atoms with E-state index in [0.29, 0.717) is 9.79 Å². The fraction of sp³-hybridized carbons (Fsp3) is 0.680. The second kappa shape index (κ2) is 21.8. The number of unbranched alkanes of at least 4 members (excludes halogenated alkanes) is 14. The van der Waals surface area contributed by atoms with Gasteiger partial charge in [0.25, 0.3) is 0 Å². The Hall–Kier alpha value is -2.13. The number of hydrogen-bond acceptors (Lipinski definition) is 2. The molecule has 0 spiro atoms. The first-order valence-electron chi connectivity index (χ1n) is 21.5. The lowest BCUT2D eigenvalue weighted by molar-refractivity contribution is 0.279. The van der Waals surface area contributed by atoms with Gasteiger partial charge in [0.05, 0.1) is 9.79 Å². The van der Waals surface area contributed by atoms with Crippen molar-refractivity contribution in [1.82, 2.24) is 0 Å². The van der Waals surface area contributed by atoms with Crippen LogP contribution in [0.25, 0.3) is 0 Å². The molecule has 3 heteroatoms. The minimum Gasteiger partial charge on any atom is -0.218 e. The summed E-state index contributed by atoms with van der Waals surface area (Å²) < 4.78 is 30.9. The average Bonchev–Trinajstić information content (AvgIpc) is 3.04. The Morgan fingerprint density at radius 3 is 1.08 bits per heavy atom. The smallest absolute Gasteiger partial charge is 0.207 e. The molecule has 0 atom stereocenters. The maximum atomic E-state index is 15.4. The third-order valence-electron chi connectivity index (χ3n) is 10.8. The molecule has 0 fully saturated rings. The molecule has 0 bridgehead atoms. The van der Waals surface area contributed by atoms with Crippen molar-refractivity contribution < 1.29 is 8.42 Å². The maximum absolute atomic E-state index is 15.4. The first-order valence-corrected chi connectivity index (χ1v) is 23.0. The number of sulfone groups is 1. The van der Waals surface area contributed by atoms with Gasteiger partial charge < -0.3 is 0 Å². The monoisotopic (exact) mass is 747 g/mol. The minimum atomic E-state index is -3.84. The summed E-state index contributed by atoms with van der Waals surface area (Å²) in [5.74, 6) is 0. The molecule has 0 heterocycles. The first-order chi connectivity index (χ1) is 24.8. The van der Waals surface area contributed by atoms with Crippen LogP contribution in [-0.2, 0) is 33.5 Å². The van der Waals surface area contributed by atoms with Crippen molar-refractivity contribution in [2.75, 3.05) is 0 Å². The van der Waals surface area contributed by atoms with E-state index in [1.165, 1.54) is 88.2 Å². The predicted molar refractivity (Wildman–Crippen MR) is 234 cm³/mol. The van der Waals surface area contributed by atoms with E-state index in [9.17, 15) is 0 Å². The Labute approximate surface area is 330 Å². The molecule has 2 aromatic carbocycles. The summed E-state index contributed by atoms with van der Waals surface area (Å²) in [7, 11) is -3.84. The van der Waals surface area contributed by atoms with Crippen LogP contribution in [0.4, 0.5) is 0 Å². The van der Waals surface area contributed by atoms with E-state index < -0.39 is 9.84 Å². The Balaban J connectivity index is 2.56. The van der Waals surface area contributed by atoms with Gasteiger partial charge >= 0.3 is 0 Å². The fourth-order valence-corrected chi connectivity index (χ4v) is 11.6. The molecule has 0 saturated carbocycles. The van der Waals surface area contributed by atoms with Crippen LogP contribution in [-0.4, -0.2) is 8.42 Å². The number of rotatable bonds is 26. The number of aryl methyl sites for hydroxylation is 2. The molecule has 53 heavy (non-hydrogen) atoms. The number of benzene rings is 2. The van der Waals surface area contributed by atoms with E-state index in [0.717, 1.165) is 62.5 Å². The summed E-state index contributed by atoms with van der Waals surface area (Å²) in [6.07, 6.45) is 27.1. The van der Waals surface area contributed by atoms with Crippen LogP contribution in [0, 0.1) is 10.8 Å². The predicted octanol–water partition coefficient (Wildman–Crippen LogP) is 15.6. The summed E-state index contributed by atoms with van der Waals surface area (Å²) in [4.78, 5) is 1.04. The van der Waals surface area contributed by atoms with Crippen LogP contribution in [0.15, 0.2) is 71.5 Å². The largest absolute Gasteiger partial charge is 0.218 e. The molecule has 2 rings (SSSR count). The van der Waals surface area contributed by atoms with Gasteiger partial charge in [-0.3, -0.25) is 0 Å². The van der Waals surface area contributed by atoms with Crippen LogP contribution >= 0.6 is 0 Å². The lowest BCUT2D eigenvalue weighted by Crippen LogP contribution is -2.30. The Bertz CT molecular complexity index is 1390. The quantitative estimate of drug-likeness (QED) is 0.0709. The van der Waals surface area contributed by atoms with Crippen LogP contribution in [0.2, 0.25) is 0 Å². The van der Waals surface area contributed by atoms with Crippen molar-refractivity contribution in [3.8, 4) is 0 Å². The second-order valence-electron chi connectivity index (χ2n) is 19.9. The zero-order valence-electron chi connectivity index (χ0n) is 36.4. The van der Waals surface area contributed by atoms with Gasteiger partial charge in [-0.25, -0.2) is 8.42 Å². The zero-order valence-corrected chi connectivity index (χ0v) is 37.2. The normalized spacial score (nSPS) is 13.0. The maximum Gasteiger partial charge on any atom is 0.207 e. The second-order valence-corrected chi connectivity index (χ2v) is 21.8. The van der Waals surface area contributed by atoms with Gasteiger partial charge in [0.2, 0.25) is 9.84 Å². The molecule has 0 amide bonds. The van der Waals surface area contributed by atoms with Crippen LogP contribution in [0.5, 0.6) is 0 Å². The molecule has 2 nitrogen and oxygen atoms in total. The molecule has 2 aromatic rings. The Morgan fingerprint density at radius 2 is 0.774 bits per heavy atom. The molecule has 0 N–H and O–H groups in total. The van der Waals surface area contributed by atoms with Gasteiger partial charge in [0, 0.05) is 0 Å². The summed E-state index contributed by atoms with van der Waals surface area (Å²) in [5, 5.41) is 0. The van der Waals surface area contributed by atoms with E-state index in [4.69, 9.17) is 0 Å². The van der Waals surface area contributed by atoms with Crippen molar-refractivity contribution in [1.29, 1.82) is 0 Å². The summed E-state index contributed by atoms with van der Waals surface area (Å²) in [6.45, 7) is 30.5. The SMILES string of the molecule is C=CCCCCCCCCCc1cccc(S(=O)(=O)c2cccc(CCCCCCCCCC=C)c2C(C)(C)CC(C)(C)C)c1C(C)(C)CC(C)(C)C. The van der Waals surface area contributed by atoms with Crippen molar-refractivity contribution in [3.63, 3.8) is 0 Å². The summed E-state index contributed by atoms with van der Waals surface area (Å²) in [6, 6.07) is 12.3. The van der Waals surface area contributed by atoms with E-state index in [2.05, 4.69) is 94.5 Å². The summed E-state index contributed by atoms with van der Waals surface area (Å²) >= 11 is 0. The van der Waals surface area contributed by atoms with E-state index in [-0.39, 0.29) is 21.7 Å². The molecular formula is C50H82O2S. The Kier molecular flexibility index (Phi) is 19.4. The van der Waals surface area contributed by atoms with E-state index >= 15 is 8.42 Å². The first kappa shape index (κ1) is 47.0. The molecule has 0 aliphatic rings. The third-order valence-corrected chi connectivity index (χ3v) is 12.6. The molecular weight excluding hydrogens is 665 g/mol. The molecule has 0 unspecified atom stereocenters. The number of allylic oxidation sites excluding steroid dienone is 2. The van der Waals surface area contributed by atoms with E-state index in [1.807, 2.05) is 36.4 Å². The highest BCUT2D eigenvalue weighted by Crippen LogP contribution is 2.46. The van der Waals surface area contributed by atoms with Gasteiger partial charge in [0.15, 0.2) is 0 Å². The van der Waals surface area contributed by atoms with Crippen molar-refractivity contribution >= 4 is 9.84 Å². The summed E-state index contributed by atoms with van der Waals surface area (Å²) in [5.41, 5.74) is 3.97. The highest BCUT2D eigenvalue weighted by molar-refractivity contribution is 7.91. The molecule has 0 aromatic heterocycles. The van der Waals surface area contributed by atoms with Gasteiger partial charge in [0.1, 0.15) is 0 Å². The fourth-order valence-electron chi connectivity index (χ4n) is 9.48. The standard InChI is InChI=1S/C50H82O2S/c1-13-15-17-19-21-23-25-27-29-33-41-35-31-37-43(45(41)49(9,10)39-47(3,4)5)53(51,52)44-38-32-36-42(46(44)50(11,12)40-48(6,7)8)34-30-28-26-24-22-20-18-16-14-2/h13-14,31-32,35-38H,1-2,15-30,33-34,39-40H2,3-12H3. The molecule has 300 valence electrons. The topological polar surface area (TPSA) is 34.1 Å². The van der Waals surface area contributed by atoms with Gasteiger partial charge in [-0.05, 0) is 120 Å². The van der Waals surface area contributed by atoms with Crippen LogP contribution in [0.1, 0.15) is 207 Å². The highest BCUT2D eigenvalue weighted by Gasteiger charge is 2.39. The van der Waals surface area contributed by atoms with Crippen LogP contribution < -0.4 is 0 Å². The molecule has 0 aliphatic carbocycles. The van der Waals surface area contributed by atoms with Crippen molar-refractivity contribution in [2.24, 2.45) is 10.8 Å². The van der Waals surface area contributed by atoms with Gasteiger partial charge in [-0.1, -0.05) is 170 Å². The average molecular weight is 747 g/mol. The zero-order chi connectivity index (χ0) is 39.8. The Morgan fingerprint density at radius 1 is 0.472 bits per heavy atom. The lowest BCUT2D eigenvalue weighted by Gasteiger charge is -2.37. The highest BCUT2D eigenvalue weighted by atomic mass is 32.2. The lowest BCUT2D eigenvalue weighted by atomic mass is 9.70. The van der Waals surface area contributed by atoms with Crippen molar-refractivity contribution in [2.45, 2.75) is 218 Å². The minimum absolute atomic E-state index is 0.0502. The van der Waals surface area contributed by atoms with Crippen molar-refractivity contribution in [3.05, 3.63) is 84.0 Å². The van der Waals surface area contributed by atoms with Gasteiger partial charge in [-0.2, -0.15) is 0 Å². The van der Waals surface area contributed by atoms with E-state index in [1.54, 1.807) is 0 Å². The third kappa shape index (κ3) is 16.2. The molecule has 0 radical (unpaired) electrons. The molecule has 0 aliphatic heterocycles. The van der Waals surface area contributed by atoms with Gasteiger partial charge in [-0.15, -0.1) is 13.2 Å². The number of hydrogen-bond donors (Lipinski definition) is 0. The van der Waals surface area contributed by atoms with Crippen LogP contribution in [0.3, 0.4) is 0 Å². The molecule has 0 saturated heterocycles.